The van der Waals surface area contributed by atoms with Crippen LogP contribution in [-0.2, 0) is 13.5 Å². The first-order valence-electron chi connectivity index (χ1n) is 6.01. The van der Waals surface area contributed by atoms with Gasteiger partial charge in [0.25, 0.3) is 0 Å². The number of aromatic nitrogens is 2. The van der Waals surface area contributed by atoms with Crippen LogP contribution in [0.3, 0.4) is 0 Å². The van der Waals surface area contributed by atoms with Crippen LogP contribution in [0.1, 0.15) is 17.7 Å². The van der Waals surface area contributed by atoms with E-state index in [1.165, 1.54) is 16.8 Å². The summed E-state index contributed by atoms with van der Waals surface area (Å²) in [5.74, 6) is 0. The lowest BCUT2D eigenvalue weighted by molar-refractivity contribution is 0.727. The molecule has 3 nitrogen and oxygen atoms in total. The molecule has 1 heterocycles. The first-order chi connectivity index (χ1) is 8.22. The van der Waals surface area contributed by atoms with Crippen molar-refractivity contribution in [2.45, 2.75) is 19.8 Å². The van der Waals surface area contributed by atoms with Gasteiger partial charge in [0.2, 0.25) is 0 Å². The first-order valence-corrected chi connectivity index (χ1v) is 6.01. The van der Waals surface area contributed by atoms with E-state index in [0.717, 1.165) is 25.1 Å². The zero-order valence-electron chi connectivity index (χ0n) is 10.5. The van der Waals surface area contributed by atoms with Gasteiger partial charge in [-0.1, -0.05) is 24.3 Å². The lowest BCUT2D eigenvalue weighted by Crippen LogP contribution is -2.01. The second-order valence-corrected chi connectivity index (χ2v) is 4.35. The Bertz CT molecular complexity index is 500. The fraction of sp³-hybridized carbons (Fsp3) is 0.357. The fourth-order valence-electron chi connectivity index (χ4n) is 2.04. The summed E-state index contributed by atoms with van der Waals surface area (Å²) in [5, 5.41) is 4.53. The molecule has 17 heavy (non-hydrogen) atoms. The zero-order valence-corrected chi connectivity index (χ0v) is 10.5. The van der Waals surface area contributed by atoms with Gasteiger partial charge in [-0.25, -0.2) is 0 Å². The molecule has 90 valence electrons. The molecule has 0 saturated carbocycles. The maximum absolute atomic E-state index is 5.52. The standard InChI is InChI=1S/C14H19N3/c1-11-6-3-4-8-13(11)14-10-12(7-5-9-15)16-17(14)2/h3-4,6,8,10H,5,7,9,15H2,1-2H3. The van der Waals surface area contributed by atoms with Gasteiger partial charge in [0, 0.05) is 12.6 Å². The van der Waals surface area contributed by atoms with Crippen molar-refractivity contribution < 1.29 is 0 Å². The molecule has 0 amide bonds. The number of nitrogens with two attached hydrogens (primary N) is 1. The van der Waals surface area contributed by atoms with Gasteiger partial charge < -0.3 is 5.73 Å². The van der Waals surface area contributed by atoms with E-state index in [4.69, 9.17) is 5.73 Å². The lowest BCUT2D eigenvalue weighted by Gasteiger charge is -2.04. The number of benzene rings is 1. The van der Waals surface area contributed by atoms with Crippen LogP contribution >= 0.6 is 0 Å². The highest BCUT2D eigenvalue weighted by atomic mass is 15.3. The molecule has 1 aromatic carbocycles. The van der Waals surface area contributed by atoms with Gasteiger partial charge in [0.1, 0.15) is 0 Å². The molecule has 0 saturated heterocycles. The second-order valence-electron chi connectivity index (χ2n) is 4.35. The molecule has 0 atom stereocenters. The SMILES string of the molecule is Cc1ccccc1-c1cc(CCCN)nn1C. The molecule has 0 fully saturated rings. The van der Waals surface area contributed by atoms with Gasteiger partial charge >= 0.3 is 0 Å². The molecule has 1 aromatic heterocycles. The van der Waals surface area contributed by atoms with Crippen molar-refractivity contribution in [2.75, 3.05) is 6.54 Å². The van der Waals surface area contributed by atoms with Crippen molar-refractivity contribution in [2.24, 2.45) is 12.8 Å². The van der Waals surface area contributed by atoms with Crippen LogP contribution in [0.25, 0.3) is 11.3 Å². The summed E-state index contributed by atoms with van der Waals surface area (Å²) < 4.78 is 1.95. The normalized spacial score (nSPS) is 10.8. The molecule has 2 N–H and O–H groups in total. The van der Waals surface area contributed by atoms with Gasteiger partial charge in [-0.15, -0.1) is 0 Å². The van der Waals surface area contributed by atoms with Gasteiger partial charge in [-0.3, -0.25) is 4.68 Å². The second kappa shape index (κ2) is 5.15. The molecule has 2 rings (SSSR count). The Morgan fingerprint density at radius 2 is 2.06 bits per heavy atom. The predicted molar refractivity (Wildman–Crippen MR) is 70.8 cm³/mol. The minimum absolute atomic E-state index is 0.719. The van der Waals surface area contributed by atoms with Gasteiger partial charge in [0.05, 0.1) is 11.4 Å². The first kappa shape index (κ1) is 11.9. The summed E-state index contributed by atoms with van der Waals surface area (Å²) >= 11 is 0. The maximum atomic E-state index is 5.52. The molecule has 3 heteroatoms. The number of aryl methyl sites for hydroxylation is 3. The van der Waals surface area contributed by atoms with Gasteiger partial charge in [-0.05, 0) is 37.9 Å². The third-order valence-corrected chi connectivity index (χ3v) is 2.99. The quantitative estimate of drug-likeness (QED) is 0.874. The summed E-state index contributed by atoms with van der Waals surface area (Å²) in [7, 11) is 1.99. The number of rotatable bonds is 4. The van der Waals surface area contributed by atoms with Crippen molar-refractivity contribution in [3.05, 3.63) is 41.6 Å². The van der Waals surface area contributed by atoms with E-state index >= 15 is 0 Å². The average molecular weight is 229 g/mol. The average Bonchev–Trinajstić information content (AvgIpc) is 2.68. The summed E-state index contributed by atoms with van der Waals surface area (Å²) in [5.41, 5.74) is 10.3. The minimum Gasteiger partial charge on any atom is -0.330 e. The van der Waals surface area contributed by atoms with Crippen molar-refractivity contribution in [3.63, 3.8) is 0 Å². The summed E-state index contributed by atoms with van der Waals surface area (Å²) in [6.45, 7) is 2.85. The monoisotopic (exact) mass is 229 g/mol. The van der Waals surface area contributed by atoms with Gasteiger partial charge in [0.15, 0.2) is 0 Å². The van der Waals surface area contributed by atoms with Crippen LogP contribution in [0.5, 0.6) is 0 Å². The fourth-order valence-corrected chi connectivity index (χ4v) is 2.04. The summed E-state index contributed by atoms with van der Waals surface area (Å²) in [6.07, 6.45) is 1.94. The third-order valence-electron chi connectivity index (χ3n) is 2.99. The van der Waals surface area contributed by atoms with Crippen molar-refractivity contribution in [3.8, 4) is 11.3 Å². The smallest absolute Gasteiger partial charge is 0.0684 e. The Morgan fingerprint density at radius 3 is 2.76 bits per heavy atom. The van der Waals surface area contributed by atoms with Gasteiger partial charge in [-0.2, -0.15) is 5.10 Å². The van der Waals surface area contributed by atoms with Crippen LogP contribution < -0.4 is 5.73 Å². The van der Waals surface area contributed by atoms with Crippen LogP contribution in [0.15, 0.2) is 30.3 Å². The van der Waals surface area contributed by atoms with E-state index in [9.17, 15) is 0 Å². The molecule has 0 radical (unpaired) electrons. The maximum Gasteiger partial charge on any atom is 0.0684 e. The zero-order chi connectivity index (χ0) is 12.3. The number of hydrogen-bond donors (Lipinski definition) is 1. The Kier molecular flexibility index (Phi) is 3.59. The number of hydrogen-bond acceptors (Lipinski definition) is 2. The Balaban J connectivity index is 2.33. The predicted octanol–water partition coefficient (Wildman–Crippen LogP) is 2.29. The molecule has 0 aliphatic rings. The molecule has 0 spiro atoms. The molecule has 2 aromatic rings. The largest absolute Gasteiger partial charge is 0.330 e. The Labute approximate surface area is 102 Å². The topological polar surface area (TPSA) is 43.8 Å². The summed E-state index contributed by atoms with van der Waals surface area (Å²) in [6, 6.07) is 10.6. The van der Waals surface area contributed by atoms with Crippen LogP contribution in [-0.4, -0.2) is 16.3 Å². The van der Waals surface area contributed by atoms with Crippen LogP contribution in [0.4, 0.5) is 0 Å². The van der Waals surface area contributed by atoms with E-state index in [2.05, 4.69) is 42.4 Å². The van der Waals surface area contributed by atoms with E-state index in [-0.39, 0.29) is 0 Å². The van der Waals surface area contributed by atoms with Crippen molar-refractivity contribution in [1.29, 1.82) is 0 Å². The lowest BCUT2D eigenvalue weighted by atomic mass is 10.1. The number of nitrogens with zero attached hydrogens (tertiary/aromatic N) is 2. The van der Waals surface area contributed by atoms with E-state index < -0.39 is 0 Å². The molecule has 0 aliphatic carbocycles. The molecule has 0 aliphatic heterocycles. The van der Waals surface area contributed by atoms with E-state index in [1.54, 1.807) is 0 Å². The molecule has 0 bridgehead atoms. The molecular formula is C14H19N3. The van der Waals surface area contributed by atoms with Crippen molar-refractivity contribution in [1.82, 2.24) is 9.78 Å². The van der Waals surface area contributed by atoms with E-state index in [1.807, 2.05) is 11.7 Å². The third kappa shape index (κ3) is 2.56. The highest BCUT2D eigenvalue weighted by molar-refractivity contribution is 5.64. The van der Waals surface area contributed by atoms with Crippen LogP contribution in [0, 0.1) is 6.92 Å². The summed E-state index contributed by atoms with van der Waals surface area (Å²) in [4.78, 5) is 0. The Morgan fingerprint density at radius 1 is 1.29 bits per heavy atom. The minimum atomic E-state index is 0.719. The van der Waals surface area contributed by atoms with Crippen LogP contribution in [0.2, 0.25) is 0 Å². The molecule has 0 unspecified atom stereocenters. The highest BCUT2D eigenvalue weighted by Crippen LogP contribution is 2.23. The van der Waals surface area contributed by atoms with E-state index in [0.29, 0.717) is 0 Å². The molecular weight excluding hydrogens is 210 g/mol. The highest BCUT2D eigenvalue weighted by Gasteiger charge is 2.08. The Hall–Kier alpha value is -1.61. The van der Waals surface area contributed by atoms with Crippen molar-refractivity contribution >= 4 is 0 Å².